The maximum Gasteiger partial charge on any atom is 1.00 e. The second kappa shape index (κ2) is 23.9. The predicted octanol–water partition coefficient (Wildman–Crippen LogP) is 4.84. The van der Waals surface area contributed by atoms with Crippen LogP contribution < -0.4 is 18.9 Å². The van der Waals surface area contributed by atoms with E-state index in [9.17, 15) is 4.79 Å². The maximum atomic E-state index is 10.2. The van der Waals surface area contributed by atoms with Crippen LogP contribution in [0.15, 0.2) is 0 Å². The number of hydrogen-bond acceptors (Lipinski definition) is 2. The topological polar surface area (TPSA) is 46.5 Å². The van der Waals surface area contributed by atoms with Gasteiger partial charge in [0.25, 0.3) is 0 Å². The average Bonchev–Trinajstić information content (AvgIpc) is 2.56. The third-order valence-corrected chi connectivity index (χ3v) is 4.72. The van der Waals surface area contributed by atoms with Gasteiger partial charge in [0, 0.05) is 0 Å². The molecule has 0 bridgehead atoms. The molecule has 0 heterocycles. The van der Waals surface area contributed by atoms with E-state index in [0.29, 0.717) is 6.61 Å². The van der Waals surface area contributed by atoms with Crippen LogP contribution in [-0.2, 0) is 4.74 Å². The molecule has 0 aliphatic carbocycles. The molecule has 0 fully saturated rings. The minimum absolute atomic E-state index is 0. The molecule has 0 aliphatic heterocycles. The van der Waals surface area contributed by atoms with Crippen LogP contribution in [0, 0.1) is 0 Å². The first-order valence-corrected chi connectivity index (χ1v) is 10.6. The summed E-state index contributed by atoms with van der Waals surface area (Å²) < 4.78 is 4.49. The molecule has 0 saturated carbocycles. The summed E-state index contributed by atoms with van der Waals surface area (Å²) in [6, 6.07) is 0. The van der Waals surface area contributed by atoms with Crippen molar-refractivity contribution in [2.24, 2.45) is 0 Å². The molecule has 0 amide bonds. The van der Waals surface area contributed by atoms with Gasteiger partial charge in [-0.3, -0.25) is 0 Å². The zero-order valence-electron chi connectivity index (χ0n) is 18.2. The van der Waals surface area contributed by atoms with Crippen molar-refractivity contribution in [1.29, 1.82) is 0 Å². The van der Waals surface area contributed by atoms with E-state index in [2.05, 4.69) is 11.7 Å². The van der Waals surface area contributed by atoms with E-state index in [1.807, 2.05) is 0 Å². The van der Waals surface area contributed by atoms with E-state index in [1.165, 1.54) is 103 Å². The fourth-order valence-electron chi connectivity index (χ4n) is 3.16. The van der Waals surface area contributed by atoms with E-state index in [0.717, 1.165) is 12.8 Å². The zero-order valence-corrected chi connectivity index (χ0v) is 17.2. The van der Waals surface area contributed by atoms with Crippen LogP contribution in [0.25, 0.3) is 0 Å². The van der Waals surface area contributed by atoms with Crippen molar-refractivity contribution in [3.8, 4) is 0 Å². The molecule has 146 valence electrons. The number of rotatable bonds is 19. The number of carbonyl (C=O) groups is 1. The number of unbranched alkanes of at least 4 members (excludes halogenated alkanes) is 17. The minimum Gasteiger partial charge on any atom is -1.00 e. The molecule has 4 heteroatoms. The molecule has 0 spiro atoms. The Morgan fingerprint density at radius 2 is 0.920 bits per heavy atom. The van der Waals surface area contributed by atoms with Crippen molar-refractivity contribution in [2.75, 3.05) is 6.61 Å². The van der Waals surface area contributed by atoms with Gasteiger partial charge in [0.05, 0.1) is 6.61 Å². The molecule has 25 heavy (non-hydrogen) atoms. The minimum atomic E-state index is -1.15. The van der Waals surface area contributed by atoms with Gasteiger partial charge in [0.15, 0.2) is 0 Å². The molecule has 0 aromatic carbocycles. The molecule has 0 rings (SSSR count). The molecule has 0 aromatic heterocycles. The van der Waals surface area contributed by atoms with E-state index in [4.69, 9.17) is 5.11 Å². The van der Waals surface area contributed by atoms with Crippen molar-refractivity contribution >= 4 is 6.16 Å². The molecule has 1 N–H and O–H groups in total. The third kappa shape index (κ3) is 26.2. The first-order chi connectivity index (χ1) is 11.8. The number of ether oxygens (including phenoxy) is 1. The summed E-state index contributed by atoms with van der Waals surface area (Å²) in [7, 11) is 0. The molecule has 0 saturated heterocycles. The molecule has 0 unspecified atom stereocenters. The zero-order chi connectivity index (χ0) is 17.7. The third-order valence-electron chi connectivity index (χ3n) is 4.72. The van der Waals surface area contributed by atoms with E-state index < -0.39 is 6.16 Å². The van der Waals surface area contributed by atoms with Gasteiger partial charge < -0.3 is 11.3 Å². The molecule has 0 atom stereocenters. The standard InChI is InChI=1S/C21H42O3.Li.H/c1-2-3-4-5-6-7-8-9-10-11-12-13-14-15-16-17-18-19-20-24-21(22)23;;/h2-20H2,1H3,(H,22,23);;/q;+1;-1. The maximum absolute atomic E-state index is 10.2. The Morgan fingerprint density at radius 1 is 0.640 bits per heavy atom. The largest absolute Gasteiger partial charge is 1.00 e. The Kier molecular flexibility index (Phi) is 25.9. The Hall–Kier alpha value is -0.133. The van der Waals surface area contributed by atoms with E-state index in [-0.39, 0.29) is 20.3 Å². The Labute approximate surface area is 170 Å². The summed E-state index contributed by atoms with van der Waals surface area (Å²) in [5.41, 5.74) is 0. The van der Waals surface area contributed by atoms with Gasteiger partial charge in [-0.2, -0.15) is 0 Å². The van der Waals surface area contributed by atoms with Gasteiger partial charge in [0.2, 0.25) is 0 Å². The van der Waals surface area contributed by atoms with Crippen molar-refractivity contribution in [2.45, 2.75) is 122 Å². The number of hydrogen-bond donors (Lipinski definition) is 1. The fourth-order valence-corrected chi connectivity index (χ4v) is 3.16. The van der Waals surface area contributed by atoms with Crippen LogP contribution in [0.1, 0.15) is 124 Å². The summed E-state index contributed by atoms with van der Waals surface area (Å²) in [5, 5.41) is 8.33. The van der Waals surface area contributed by atoms with Crippen molar-refractivity contribution in [1.82, 2.24) is 0 Å². The predicted molar refractivity (Wildman–Crippen MR) is 104 cm³/mol. The molecular weight excluding hydrogens is 307 g/mol. The second-order valence-electron chi connectivity index (χ2n) is 7.12. The molecule has 0 aliphatic rings. The van der Waals surface area contributed by atoms with Crippen LogP contribution in [0.4, 0.5) is 4.79 Å². The fraction of sp³-hybridized carbons (Fsp3) is 0.952. The van der Waals surface area contributed by atoms with Crippen LogP contribution in [0.5, 0.6) is 0 Å². The number of carboxylic acid groups (broad SMARTS) is 1. The van der Waals surface area contributed by atoms with Gasteiger partial charge in [-0.15, -0.1) is 0 Å². The van der Waals surface area contributed by atoms with Crippen LogP contribution in [-0.4, -0.2) is 17.9 Å². The summed E-state index contributed by atoms with van der Waals surface area (Å²) in [6.45, 7) is 2.63. The molecular formula is C21H43LiO3. The molecule has 0 aromatic rings. The van der Waals surface area contributed by atoms with Gasteiger partial charge in [-0.05, 0) is 6.42 Å². The van der Waals surface area contributed by atoms with Gasteiger partial charge in [-0.1, -0.05) is 116 Å². The summed E-state index contributed by atoms with van der Waals surface area (Å²) in [4.78, 5) is 10.2. The summed E-state index contributed by atoms with van der Waals surface area (Å²) in [5.74, 6) is 0. The van der Waals surface area contributed by atoms with Crippen molar-refractivity contribution < 1.29 is 34.9 Å². The van der Waals surface area contributed by atoms with Crippen LogP contribution in [0.2, 0.25) is 0 Å². The average molecular weight is 351 g/mol. The van der Waals surface area contributed by atoms with Crippen LogP contribution >= 0.6 is 0 Å². The van der Waals surface area contributed by atoms with Crippen molar-refractivity contribution in [3.05, 3.63) is 0 Å². The Bertz CT molecular complexity index is 266. The summed E-state index contributed by atoms with van der Waals surface area (Å²) in [6.07, 6.45) is 23.1. The SMILES string of the molecule is CCCCCCCCCCCCCCCCCCCCOC(=O)O.[H-].[Li+]. The van der Waals surface area contributed by atoms with E-state index >= 15 is 0 Å². The quantitative estimate of drug-likeness (QED) is 0.206. The molecule has 3 nitrogen and oxygen atoms in total. The summed E-state index contributed by atoms with van der Waals surface area (Å²) >= 11 is 0. The van der Waals surface area contributed by atoms with Gasteiger partial charge in [0.1, 0.15) is 0 Å². The first kappa shape index (κ1) is 27.1. The van der Waals surface area contributed by atoms with E-state index in [1.54, 1.807) is 0 Å². The smallest absolute Gasteiger partial charge is 1.00 e. The first-order valence-electron chi connectivity index (χ1n) is 10.6. The normalized spacial score (nSPS) is 10.4. The Morgan fingerprint density at radius 3 is 1.20 bits per heavy atom. The Balaban J connectivity index is -0.00000264. The van der Waals surface area contributed by atoms with Gasteiger partial charge in [-0.25, -0.2) is 4.79 Å². The van der Waals surface area contributed by atoms with Crippen molar-refractivity contribution in [3.63, 3.8) is 0 Å². The van der Waals surface area contributed by atoms with Crippen LogP contribution in [0.3, 0.4) is 0 Å². The molecule has 0 radical (unpaired) electrons. The monoisotopic (exact) mass is 350 g/mol. The second-order valence-corrected chi connectivity index (χ2v) is 7.12. The van der Waals surface area contributed by atoms with Gasteiger partial charge >= 0.3 is 25.0 Å².